The first-order valence-electron chi connectivity index (χ1n) is 3.30. The highest BCUT2D eigenvalue weighted by Crippen LogP contribution is 1.91. The Balaban J connectivity index is 0.000000292. The van der Waals surface area contributed by atoms with Gasteiger partial charge in [-0.15, -0.1) is 0 Å². The molecule has 0 aromatic carbocycles. The summed E-state index contributed by atoms with van der Waals surface area (Å²) in [5.41, 5.74) is 1.37. The van der Waals surface area contributed by atoms with Crippen molar-refractivity contribution in [3.05, 3.63) is 17.5 Å². The van der Waals surface area contributed by atoms with Crippen LogP contribution in [-0.2, 0) is 0 Å². The zero-order valence-electron chi connectivity index (χ0n) is 7.01. The molecule has 0 atom stereocenters. The third-order valence-corrected chi connectivity index (χ3v) is 0.846. The maximum atomic E-state index is 9.94. The average molecular weight is 155 g/mol. The lowest BCUT2D eigenvalue weighted by Crippen LogP contribution is -1.89. The normalized spacial score (nSPS) is 8.27. The Bertz CT molecular complexity index is 207. The second kappa shape index (κ2) is 5.61. The summed E-state index contributed by atoms with van der Waals surface area (Å²) in [6.45, 7) is 1.85. The number of nitrogens with zero attached hydrogens (tertiary/aromatic N) is 1. The smallest absolute Gasteiger partial charge is 0.170 e. The zero-order chi connectivity index (χ0) is 8.69. The summed E-state index contributed by atoms with van der Waals surface area (Å²) in [6.07, 6.45) is 0.712. The molecule has 0 unspecified atom stereocenters. The van der Waals surface area contributed by atoms with Gasteiger partial charge < -0.3 is 5.32 Å². The summed E-state index contributed by atoms with van der Waals surface area (Å²) in [6, 6.07) is 1.69. The monoisotopic (exact) mass is 155 g/mol. The molecule has 4 nitrogen and oxygen atoms in total. The number of rotatable bonds is 1. The summed E-state index contributed by atoms with van der Waals surface area (Å²) in [5.74, 6) is 0. The van der Waals surface area contributed by atoms with Crippen LogP contribution in [0, 0.1) is 6.92 Å². The maximum absolute atomic E-state index is 9.94. The molecule has 1 rings (SSSR count). The highest BCUT2D eigenvalue weighted by atomic mass is 16.1. The molecule has 62 valence electrons. The summed E-state index contributed by atoms with van der Waals surface area (Å²) in [5, 5.41) is 9.03. The lowest BCUT2D eigenvalue weighted by molar-refractivity contribution is 0.111. The second-order valence-electron chi connectivity index (χ2n) is 2.09. The topological polar surface area (TPSA) is 57.8 Å². The van der Waals surface area contributed by atoms with Gasteiger partial charge >= 0.3 is 0 Å². The number of aryl methyl sites for hydroxylation is 1. The molecule has 0 spiro atoms. The van der Waals surface area contributed by atoms with E-state index < -0.39 is 0 Å². The number of nitrogens with one attached hydrogen (secondary N) is 2. The molecule has 0 saturated carbocycles. The second-order valence-corrected chi connectivity index (χ2v) is 2.09. The number of aldehydes is 1. The molecule has 0 amide bonds. The van der Waals surface area contributed by atoms with Crippen LogP contribution in [0.2, 0.25) is 0 Å². The van der Waals surface area contributed by atoms with Gasteiger partial charge in [0.2, 0.25) is 0 Å². The quantitative estimate of drug-likeness (QED) is 0.576. The number of aromatic amines is 1. The van der Waals surface area contributed by atoms with Crippen molar-refractivity contribution in [1.82, 2.24) is 15.5 Å². The van der Waals surface area contributed by atoms with Gasteiger partial charge in [0.25, 0.3) is 0 Å². The Hall–Kier alpha value is -1.16. The first-order chi connectivity index (χ1) is 5.24. The average Bonchev–Trinajstić information content (AvgIpc) is 2.37. The zero-order valence-corrected chi connectivity index (χ0v) is 7.01. The third kappa shape index (κ3) is 4.27. The Morgan fingerprint density at radius 3 is 2.36 bits per heavy atom. The van der Waals surface area contributed by atoms with Crippen LogP contribution in [0.25, 0.3) is 0 Å². The Kier molecular flexibility index (Phi) is 5.02. The van der Waals surface area contributed by atoms with Crippen molar-refractivity contribution >= 4 is 6.29 Å². The molecular weight excluding hydrogens is 142 g/mol. The largest absolute Gasteiger partial charge is 0.323 e. The predicted octanol–water partition coefficient (Wildman–Crippen LogP) is 0.366. The number of aromatic nitrogens is 2. The molecule has 0 fully saturated rings. The lowest BCUT2D eigenvalue weighted by atomic mass is 10.4. The van der Waals surface area contributed by atoms with Gasteiger partial charge in [0.05, 0.1) is 0 Å². The van der Waals surface area contributed by atoms with E-state index in [1.165, 1.54) is 0 Å². The van der Waals surface area contributed by atoms with Crippen LogP contribution >= 0.6 is 0 Å². The summed E-state index contributed by atoms with van der Waals surface area (Å²) < 4.78 is 0. The van der Waals surface area contributed by atoms with E-state index >= 15 is 0 Å². The van der Waals surface area contributed by atoms with Crippen LogP contribution in [0.15, 0.2) is 6.07 Å². The standard InChI is InChI=1S/C5H6N2O.C2H7N/c1-4-2-5(3-8)7-6-4;1-3-2/h2-3H,1H3,(H,6,7);3H,1-2H3. The van der Waals surface area contributed by atoms with Gasteiger partial charge in [-0.2, -0.15) is 5.10 Å². The molecule has 0 aliphatic rings. The van der Waals surface area contributed by atoms with E-state index in [9.17, 15) is 4.79 Å². The van der Waals surface area contributed by atoms with Crippen LogP contribution in [0.5, 0.6) is 0 Å². The first-order valence-corrected chi connectivity index (χ1v) is 3.30. The molecule has 2 N–H and O–H groups in total. The fourth-order valence-corrected chi connectivity index (χ4v) is 0.499. The third-order valence-electron chi connectivity index (χ3n) is 0.846. The van der Waals surface area contributed by atoms with E-state index in [2.05, 4.69) is 15.5 Å². The number of carbonyl (C=O) groups excluding carboxylic acids is 1. The van der Waals surface area contributed by atoms with Gasteiger partial charge in [-0.25, -0.2) is 0 Å². The number of H-pyrrole nitrogens is 1. The van der Waals surface area contributed by atoms with E-state index in [-0.39, 0.29) is 0 Å². The van der Waals surface area contributed by atoms with Crippen LogP contribution in [0.4, 0.5) is 0 Å². The molecule has 0 aliphatic carbocycles. The highest BCUT2D eigenvalue weighted by molar-refractivity contribution is 5.71. The Labute approximate surface area is 66.0 Å². The van der Waals surface area contributed by atoms with Gasteiger partial charge in [0.15, 0.2) is 6.29 Å². The Morgan fingerprint density at radius 1 is 1.64 bits per heavy atom. The van der Waals surface area contributed by atoms with E-state index in [1.54, 1.807) is 6.07 Å². The van der Waals surface area contributed by atoms with Crippen LogP contribution in [-0.4, -0.2) is 30.6 Å². The van der Waals surface area contributed by atoms with Gasteiger partial charge in [0.1, 0.15) is 5.69 Å². The van der Waals surface area contributed by atoms with Crippen molar-refractivity contribution in [2.45, 2.75) is 6.92 Å². The molecule has 0 saturated heterocycles. The molecule has 0 bridgehead atoms. The number of hydrogen-bond acceptors (Lipinski definition) is 3. The van der Waals surface area contributed by atoms with E-state index in [4.69, 9.17) is 0 Å². The van der Waals surface area contributed by atoms with Gasteiger partial charge in [-0.1, -0.05) is 0 Å². The predicted molar refractivity (Wildman–Crippen MR) is 43.7 cm³/mol. The minimum absolute atomic E-state index is 0.461. The van der Waals surface area contributed by atoms with Crippen molar-refractivity contribution in [3.8, 4) is 0 Å². The van der Waals surface area contributed by atoms with Gasteiger partial charge in [-0.3, -0.25) is 9.89 Å². The minimum atomic E-state index is 0.461. The van der Waals surface area contributed by atoms with Crippen LogP contribution < -0.4 is 5.32 Å². The highest BCUT2D eigenvalue weighted by Gasteiger charge is 1.90. The van der Waals surface area contributed by atoms with Gasteiger partial charge in [0, 0.05) is 5.69 Å². The molecule has 1 aromatic rings. The van der Waals surface area contributed by atoms with Crippen LogP contribution in [0.3, 0.4) is 0 Å². The lowest BCUT2D eigenvalue weighted by Gasteiger charge is -1.68. The van der Waals surface area contributed by atoms with Crippen molar-refractivity contribution in [1.29, 1.82) is 0 Å². The fraction of sp³-hybridized carbons (Fsp3) is 0.429. The molecule has 1 aromatic heterocycles. The summed E-state index contributed by atoms with van der Waals surface area (Å²) in [4.78, 5) is 9.94. The van der Waals surface area contributed by atoms with Crippen molar-refractivity contribution in [3.63, 3.8) is 0 Å². The fourth-order valence-electron chi connectivity index (χ4n) is 0.499. The maximum Gasteiger partial charge on any atom is 0.170 e. The number of carbonyl (C=O) groups is 1. The molecule has 0 aliphatic heterocycles. The summed E-state index contributed by atoms with van der Waals surface area (Å²) in [7, 11) is 3.75. The van der Waals surface area contributed by atoms with Crippen molar-refractivity contribution in [2.24, 2.45) is 0 Å². The van der Waals surface area contributed by atoms with Crippen LogP contribution in [0.1, 0.15) is 16.2 Å². The molecule has 0 radical (unpaired) electrons. The number of hydrogen-bond donors (Lipinski definition) is 2. The van der Waals surface area contributed by atoms with Gasteiger partial charge in [-0.05, 0) is 27.1 Å². The van der Waals surface area contributed by atoms with E-state index in [0.29, 0.717) is 12.0 Å². The van der Waals surface area contributed by atoms with E-state index in [0.717, 1.165) is 5.69 Å². The minimum Gasteiger partial charge on any atom is -0.323 e. The Morgan fingerprint density at radius 2 is 2.18 bits per heavy atom. The SMILES string of the molecule is CNC.Cc1cc(C=O)n[nH]1. The molecule has 4 heteroatoms. The van der Waals surface area contributed by atoms with Crippen molar-refractivity contribution in [2.75, 3.05) is 14.1 Å². The first kappa shape index (κ1) is 9.84. The molecular formula is C7H13N3O. The molecule has 11 heavy (non-hydrogen) atoms. The molecule has 1 heterocycles. The van der Waals surface area contributed by atoms with E-state index in [1.807, 2.05) is 21.0 Å². The summed E-state index contributed by atoms with van der Waals surface area (Å²) >= 11 is 0. The van der Waals surface area contributed by atoms with Crippen molar-refractivity contribution < 1.29 is 4.79 Å².